The molecule has 2 atom stereocenters. The summed E-state index contributed by atoms with van der Waals surface area (Å²) in [4.78, 5) is 11.3. The zero-order chi connectivity index (χ0) is 17.8. The van der Waals surface area contributed by atoms with E-state index in [9.17, 15) is 9.90 Å². The predicted molar refractivity (Wildman–Crippen MR) is 92.2 cm³/mol. The molecular weight excluding hydrogens is 308 g/mol. The maximum atomic E-state index is 11.3. The van der Waals surface area contributed by atoms with Gasteiger partial charge in [-0.1, -0.05) is 42.5 Å². The third-order valence-electron chi connectivity index (χ3n) is 3.23. The number of carbonyl (C=O) groups excluding carboxylic acids is 1. The number of hydrogen-bond acceptors (Lipinski definition) is 5. The molecule has 0 amide bonds. The van der Waals surface area contributed by atoms with Crippen LogP contribution in [-0.4, -0.2) is 36.5 Å². The number of esters is 1. The summed E-state index contributed by atoms with van der Waals surface area (Å²) >= 11 is 0. The number of aliphatic hydroxyl groups excluding tert-OH is 1. The Morgan fingerprint density at radius 3 is 2.67 bits per heavy atom. The molecule has 1 aromatic rings. The fourth-order valence-electron chi connectivity index (χ4n) is 1.89. The quantitative estimate of drug-likeness (QED) is 0.292. The smallest absolute Gasteiger partial charge is 0.333 e. The van der Waals surface area contributed by atoms with Gasteiger partial charge in [0, 0.05) is 6.42 Å². The Kier molecular flexibility index (Phi) is 9.49. The summed E-state index contributed by atoms with van der Waals surface area (Å²) in [5.41, 5.74) is 1.71. The molecule has 0 aliphatic rings. The Bertz CT molecular complexity index is 524. The van der Waals surface area contributed by atoms with Crippen molar-refractivity contribution < 1.29 is 24.1 Å². The second-order valence-corrected chi connectivity index (χ2v) is 5.41. The molecule has 0 bridgehead atoms. The summed E-state index contributed by atoms with van der Waals surface area (Å²) in [5, 5.41) is 9.96. The lowest BCUT2D eigenvalue weighted by atomic mass is 10.1. The highest BCUT2D eigenvalue weighted by molar-refractivity contribution is 5.81. The van der Waals surface area contributed by atoms with Gasteiger partial charge in [-0.05, 0) is 19.4 Å². The van der Waals surface area contributed by atoms with E-state index in [-0.39, 0.29) is 6.61 Å². The summed E-state index contributed by atoms with van der Waals surface area (Å²) in [5.74, 6) is -0.470. The Morgan fingerprint density at radius 2 is 2.04 bits per heavy atom. The van der Waals surface area contributed by atoms with Gasteiger partial charge < -0.3 is 19.3 Å². The fourth-order valence-corrected chi connectivity index (χ4v) is 1.89. The molecule has 0 radical (unpaired) electrons. The van der Waals surface area contributed by atoms with Crippen molar-refractivity contribution in [3.05, 3.63) is 60.4 Å². The van der Waals surface area contributed by atoms with Crippen LogP contribution in [0.4, 0.5) is 0 Å². The van der Waals surface area contributed by atoms with E-state index in [0.717, 1.165) is 5.56 Å². The van der Waals surface area contributed by atoms with Crippen molar-refractivity contribution in [1.82, 2.24) is 0 Å². The highest BCUT2D eigenvalue weighted by Gasteiger charge is 2.16. The van der Waals surface area contributed by atoms with E-state index in [1.54, 1.807) is 13.8 Å². The molecule has 0 heterocycles. The summed E-state index contributed by atoms with van der Waals surface area (Å²) < 4.78 is 15.9. The van der Waals surface area contributed by atoms with Crippen molar-refractivity contribution in [1.29, 1.82) is 0 Å². The van der Waals surface area contributed by atoms with E-state index in [4.69, 9.17) is 14.2 Å². The first kappa shape index (κ1) is 19.9. The van der Waals surface area contributed by atoms with Crippen LogP contribution in [0, 0.1) is 0 Å². The van der Waals surface area contributed by atoms with E-state index in [1.165, 1.54) is 12.3 Å². The predicted octanol–water partition coefficient (Wildman–Crippen LogP) is 2.99. The van der Waals surface area contributed by atoms with Crippen LogP contribution in [0.15, 0.2) is 54.8 Å². The van der Waals surface area contributed by atoms with Crippen LogP contribution in [0.25, 0.3) is 0 Å². The van der Waals surface area contributed by atoms with Crippen LogP contribution in [0.5, 0.6) is 0 Å². The van der Waals surface area contributed by atoms with Crippen molar-refractivity contribution in [3.8, 4) is 0 Å². The molecule has 0 aliphatic carbocycles. The second kappa shape index (κ2) is 11.4. The minimum absolute atomic E-state index is 0.284. The van der Waals surface area contributed by atoms with Crippen molar-refractivity contribution in [2.24, 2.45) is 0 Å². The van der Waals surface area contributed by atoms with Crippen molar-refractivity contribution >= 4 is 5.97 Å². The topological polar surface area (TPSA) is 65.0 Å². The normalized spacial score (nSPS) is 13.5. The molecule has 5 heteroatoms. The maximum Gasteiger partial charge on any atom is 0.333 e. The summed E-state index contributed by atoms with van der Waals surface area (Å²) in [6, 6.07) is 9.77. The maximum absolute atomic E-state index is 11.3. The van der Waals surface area contributed by atoms with Crippen LogP contribution < -0.4 is 0 Å². The van der Waals surface area contributed by atoms with E-state index in [2.05, 4.69) is 6.58 Å². The van der Waals surface area contributed by atoms with E-state index >= 15 is 0 Å². The molecule has 24 heavy (non-hydrogen) atoms. The number of hydrogen-bond donors (Lipinski definition) is 1. The Balaban J connectivity index is 2.50. The van der Waals surface area contributed by atoms with Crippen molar-refractivity contribution in [2.75, 3.05) is 13.2 Å². The molecule has 1 aromatic carbocycles. The molecule has 5 nitrogen and oxygen atoms in total. The summed E-state index contributed by atoms with van der Waals surface area (Å²) in [7, 11) is 0. The van der Waals surface area contributed by atoms with Crippen molar-refractivity contribution in [3.63, 3.8) is 0 Å². The van der Waals surface area contributed by atoms with Crippen LogP contribution in [-0.2, 0) is 25.6 Å². The van der Waals surface area contributed by atoms with Gasteiger partial charge in [0.2, 0.25) is 0 Å². The van der Waals surface area contributed by atoms with Gasteiger partial charge in [-0.3, -0.25) is 0 Å². The molecule has 1 rings (SSSR count). The first-order valence-electron chi connectivity index (χ1n) is 7.96. The molecule has 1 N–H and O–H groups in total. The molecule has 0 unspecified atom stereocenters. The molecule has 0 saturated heterocycles. The largest absolute Gasteiger partial charge is 0.495 e. The van der Waals surface area contributed by atoms with Gasteiger partial charge in [-0.25, -0.2) is 4.79 Å². The first-order valence-corrected chi connectivity index (χ1v) is 7.96. The van der Waals surface area contributed by atoms with Gasteiger partial charge in [0.05, 0.1) is 38.3 Å². The Morgan fingerprint density at radius 1 is 1.33 bits per heavy atom. The van der Waals surface area contributed by atoms with Gasteiger partial charge in [0.25, 0.3) is 0 Å². The monoisotopic (exact) mass is 334 g/mol. The SMILES string of the molecule is C=C(C)[C@H](O)C[C@@H](COCc1ccccc1)O/C=C/C(=O)OCC. The lowest BCUT2D eigenvalue weighted by molar-refractivity contribution is -0.137. The molecule has 0 aromatic heterocycles. The zero-order valence-corrected chi connectivity index (χ0v) is 14.3. The van der Waals surface area contributed by atoms with Gasteiger partial charge in [-0.2, -0.15) is 0 Å². The third kappa shape index (κ3) is 8.50. The van der Waals surface area contributed by atoms with Gasteiger partial charge in [0.1, 0.15) is 6.10 Å². The molecular formula is C19H26O5. The molecule has 0 fully saturated rings. The van der Waals surface area contributed by atoms with E-state index < -0.39 is 18.2 Å². The number of rotatable bonds is 11. The Labute approximate surface area is 143 Å². The number of ether oxygens (including phenoxy) is 3. The van der Waals surface area contributed by atoms with Gasteiger partial charge in [-0.15, -0.1) is 0 Å². The highest BCUT2D eigenvalue weighted by atomic mass is 16.5. The van der Waals surface area contributed by atoms with Crippen LogP contribution in [0.1, 0.15) is 25.8 Å². The minimum Gasteiger partial charge on any atom is -0.495 e. The first-order chi connectivity index (χ1) is 11.5. The van der Waals surface area contributed by atoms with E-state index in [0.29, 0.717) is 25.2 Å². The lowest BCUT2D eigenvalue weighted by Crippen LogP contribution is -2.25. The van der Waals surface area contributed by atoms with E-state index in [1.807, 2.05) is 30.3 Å². The number of aliphatic hydroxyl groups is 1. The summed E-state index contributed by atoms with van der Waals surface area (Å²) in [6.07, 6.45) is 1.73. The standard InChI is InChI=1S/C19H26O5/c1-4-23-19(21)10-11-24-17(12-18(20)15(2)3)14-22-13-16-8-6-5-7-9-16/h5-11,17-18,20H,2,4,12-14H2,1,3H3/b11-10+/t17-,18+/m0/s1. The molecule has 0 saturated carbocycles. The fraction of sp³-hybridized carbons (Fsp3) is 0.421. The number of carbonyl (C=O) groups is 1. The zero-order valence-electron chi connectivity index (χ0n) is 14.3. The van der Waals surface area contributed by atoms with Gasteiger partial charge >= 0.3 is 5.97 Å². The van der Waals surface area contributed by atoms with Crippen molar-refractivity contribution in [2.45, 2.75) is 39.1 Å². The average Bonchev–Trinajstić information content (AvgIpc) is 2.55. The summed E-state index contributed by atoms with van der Waals surface area (Å²) in [6.45, 7) is 8.25. The third-order valence-corrected chi connectivity index (χ3v) is 3.23. The number of benzene rings is 1. The average molecular weight is 334 g/mol. The lowest BCUT2D eigenvalue weighted by Gasteiger charge is -2.20. The Hall–Kier alpha value is -2.11. The minimum atomic E-state index is -0.689. The molecule has 0 aliphatic heterocycles. The molecule has 0 spiro atoms. The van der Waals surface area contributed by atoms with Crippen LogP contribution >= 0.6 is 0 Å². The van der Waals surface area contributed by atoms with Gasteiger partial charge in [0.15, 0.2) is 0 Å². The van der Waals surface area contributed by atoms with Crippen LogP contribution in [0.2, 0.25) is 0 Å². The highest BCUT2D eigenvalue weighted by Crippen LogP contribution is 2.11. The molecule has 132 valence electrons. The second-order valence-electron chi connectivity index (χ2n) is 5.41. The van der Waals surface area contributed by atoms with Crippen LogP contribution in [0.3, 0.4) is 0 Å².